The van der Waals surface area contributed by atoms with Crippen LogP contribution < -0.4 is 10.2 Å². The summed E-state index contributed by atoms with van der Waals surface area (Å²) in [6, 6.07) is 0. The van der Waals surface area contributed by atoms with Crippen LogP contribution in [0.25, 0.3) is 15.9 Å². The number of carbonyl (C=O) groups excluding carboxylic acids is 1. The zero-order valence-electron chi connectivity index (χ0n) is 15.5. The Morgan fingerprint density at radius 1 is 1.46 bits per heavy atom. The number of fused-ring (bicyclic) bond motifs is 5. The van der Waals surface area contributed by atoms with Crippen molar-refractivity contribution < 1.29 is 9.69 Å². The number of nitrogens with zero attached hydrogens (tertiary/aromatic N) is 4. The molecule has 7 nitrogen and oxygen atoms in total. The van der Waals surface area contributed by atoms with Crippen molar-refractivity contribution in [3.05, 3.63) is 22.6 Å². The lowest BCUT2D eigenvalue weighted by molar-refractivity contribution is -0.858. The highest BCUT2D eigenvalue weighted by molar-refractivity contribution is 7.19. The van der Waals surface area contributed by atoms with Crippen molar-refractivity contribution >= 4 is 33.1 Å². The third kappa shape index (κ3) is 3.19. The molecule has 3 heterocycles. The van der Waals surface area contributed by atoms with Gasteiger partial charge in [-0.3, -0.25) is 4.79 Å². The second-order valence-electron chi connectivity index (χ2n) is 7.55. The number of thiophene rings is 1. The molecule has 3 aromatic heterocycles. The molecular weight excluding hydrogens is 348 g/mol. The lowest BCUT2D eigenvalue weighted by atomic mass is 9.89. The van der Waals surface area contributed by atoms with Crippen molar-refractivity contribution in [3.63, 3.8) is 0 Å². The fourth-order valence-electron chi connectivity index (χ4n) is 3.57. The summed E-state index contributed by atoms with van der Waals surface area (Å²) in [5, 5.41) is 8.36. The monoisotopic (exact) mass is 373 g/mol. The average Bonchev–Trinajstić information content (AvgIpc) is 3.18. The molecule has 4 rings (SSSR count). The Hall–Kier alpha value is -2.06. The van der Waals surface area contributed by atoms with Gasteiger partial charge in [0.1, 0.15) is 11.2 Å². The first kappa shape index (κ1) is 17.4. The lowest BCUT2D eigenvalue weighted by Crippen LogP contribution is -3.05. The summed E-state index contributed by atoms with van der Waals surface area (Å²) in [6.45, 7) is 3.94. The average molecular weight is 374 g/mol. The van der Waals surface area contributed by atoms with Crippen LogP contribution in [0.15, 0.2) is 6.33 Å². The van der Waals surface area contributed by atoms with Crippen molar-refractivity contribution in [1.82, 2.24) is 24.9 Å². The van der Waals surface area contributed by atoms with Gasteiger partial charge in [0.05, 0.1) is 26.0 Å². The predicted molar refractivity (Wildman–Crippen MR) is 102 cm³/mol. The minimum absolute atomic E-state index is 0.215. The lowest BCUT2D eigenvalue weighted by Gasteiger charge is -2.17. The van der Waals surface area contributed by atoms with Crippen LogP contribution in [0.3, 0.4) is 0 Å². The molecule has 3 aromatic rings. The van der Waals surface area contributed by atoms with Gasteiger partial charge in [-0.2, -0.15) is 0 Å². The van der Waals surface area contributed by atoms with Crippen LogP contribution in [0.4, 0.5) is 0 Å². The summed E-state index contributed by atoms with van der Waals surface area (Å²) in [5.74, 6) is 0.679. The van der Waals surface area contributed by atoms with Crippen molar-refractivity contribution in [2.75, 3.05) is 27.2 Å². The van der Waals surface area contributed by atoms with Crippen LogP contribution in [-0.2, 0) is 12.8 Å². The first-order valence-corrected chi connectivity index (χ1v) is 10.1. The third-order valence-electron chi connectivity index (χ3n) is 4.97. The number of hydrogen-bond acceptors (Lipinski definition) is 5. The molecule has 0 aliphatic heterocycles. The molecule has 8 heteroatoms. The first-order valence-electron chi connectivity index (χ1n) is 9.25. The smallest absolute Gasteiger partial charge is 0.290 e. The van der Waals surface area contributed by atoms with E-state index in [1.54, 1.807) is 22.2 Å². The van der Waals surface area contributed by atoms with Crippen LogP contribution in [-0.4, -0.2) is 52.7 Å². The largest absolute Gasteiger partial charge is 0.349 e. The molecule has 0 saturated carbocycles. The summed E-state index contributed by atoms with van der Waals surface area (Å²) >= 11 is 1.76. The molecule has 0 radical (unpaired) electrons. The Bertz CT molecular complexity index is 960. The highest BCUT2D eigenvalue weighted by atomic mass is 32.1. The minimum Gasteiger partial charge on any atom is -0.349 e. The Kier molecular flexibility index (Phi) is 4.62. The zero-order valence-corrected chi connectivity index (χ0v) is 16.3. The van der Waals surface area contributed by atoms with E-state index in [1.165, 1.54) is 21.8 Å². The van der Waals surface area contributed by atoms with E-state index in [0.29, 0.717) is 12.5 Å². The quantitative estimate of drug-likeness (QED) is 0.647. The molecule has 2 N–H and O–H groups in total. The minimum atomic E-state index is -0.215. The van der Waals surface area contributed by atoms with E-state index in [1.807, 2.05) is 0 Å². The number of rotatable bonds is 5. The highest BCUT2D eigenvalue weighted by Crippen LogP contribution is 2.38. The number of hydrogen-bond donors (Lipinski definition) is 2. The van der Waals surface area contributed by atoms with E-state index in [4.69, 9.17) is 0 Å². The number of carbonyl (C=O) groups is 1. The van der Waals surface area contributed by atoms with Crippen LogP contribution >= 0.6 is 11.3 Å². The van der Waals surface area contributed by atoms with E-state index in [9.17, 15) is 4.79 Å². The number of amides is 1. The highest BCUT2D eigenvalue weighted by Gasteiger charge is 2.24. The number of aromatic nitrogens is 4. The normalized spacial score (nSPS) is 17.2. The van der Waals surface area contributed by atoms with E-state index in [-0.39, 0.29) is 11.7 Å². The van der Waals surface area contributed by atoms with E-state index >= 15 is 0 Å². The van der Waals surface area contributed by atoms with Gasteiger partial charge in [-0.15, -0.1) is 16.4 Å². The summed E-state index contributed by atoms with van der Waals surface area (Å²) in [5.41, 5.74) is 2.11. The fraction of sp³-hybridized carbons (Fsp3) is 0.556. The van der Waals surface area contributed by atoms with Crippen LogP contribution in [0.2, 0.25) is 0 Å². The van der Waals surface area contributed by atoms with E-state index < -0.39 is 0 Å². The Morgan fingerprint density at radius 2 is 2.31 bits per heavy atom. The molecular formula is C18H25N6OS+. The molecule has 1 aliphatic carbocycles. The van der Waals surface area contributed by atoms with E-state index in [0.717, 1.165) is 41.7 Å². The molecule has 26 heavy (non-hydrogen) atoms. The number of quaternary nitrogens is 1. The van der Waals surface area contributed by atoms with Crippen molar-refractivity contribution in [2.45, 2.75) is 32.6 Å². The maximum absolute atomic E-state index is 12.4. The van der Waals surface area contributed by atoms with Gasteiger partial charge in [0, 0.05) is 17.8 Å². The van der Waals surface area contributed by atoms with Crippen LogP contribution in [0.5, 0.6) is 0 Å². The van der Waals surface area contributed by atoms with Gasteiger partial charge < -0.3 is 10.2 Å². The Balaban J connectivity index is 1.63. The molecule has 1 amide bonds. The van der Waals surface area contributed by atoms with Crippen molar-refractivity contribution in [2.24, 2.45) is 5.92 Å². The van der Waals surface area contributed by atoms with Gasteiger partial charge in [0.2, 0.25) is 5.82 Å². The third-order valence-corrected chi connectivity index (χ3v) is 6.17. The van der Waals surface area contributed by atoms with Gasteiger partial charge >= 0.3 is 0 Å². The molecule has 0 aromatic carbocycles. The molecule has 0 spiro atoms. The van der Waals surface area contributed by atoms with E-state index in [2.05, 4.69) is 41.4 Å². The predicted octanol–water partition coefficient (Wildman–Crippen LogP) is 0.728. The molecule has 0 unspecified atom stereocenters. The number of nitrogens with one attached hydrogen (secondary N) is 2. The van der Waals surface area contributed by atoms with Gasteiger partial charge in [-0.1, -0.05) is 6.92 Å². The molecule has 0 fully saturated rings. The molecule has 138 valence electrons. The van der Waals surface area contributed by atoms with Crippen LogP contribution in [0.1, 0.15) is 40.8 Å². The second-order valence-corrected chi connectivity index (χ2v) is 8.63. The molecule has 1 aliphatic rings. The summed E-state index contributed by atoms with van der Waals surface area (Å²) in [6.07, 6.45) is 5.99. The van der Waals surface area contributed by atoms with Crippen molar-refractivity contribution in [1.29, 1.82) is 0 Å². The van der Waals surface area contributed by atoms with Gasteiger partial charge in [-0.05, 0) is 30.7 Å². The van der Waals surface area contributed by atoms with Gasteiger partial charge in [0.15, 0.2) is 5.65 Å². The van der Waals surface area contributed by atoms with Crippen LogP contribution in [0, 0.1) is 5.92 Å². The Labute approximate surface area is 156 Å². The van der Waals surface area contributed by atoms with Crippen molar-refractivity contribution in [3.8, 4) is 0 Å². The number of aryl methyl sites for hydroxylation is 1. The summed E-state index contributed by atoms with van der Waals surface area (Å²) < 4.78 is 1.65. The zero-order chi connectivity index (χ0) is 18.3. The molecule has 1 atom stereocenters. The standard InChI is InChI=1S/C18H24N6OS/c1-11-5-6-13-12(9-11)14-16-21-15(17(25)19-7-4-8-23(2)3)22-24(16)10-20-18(14)26-13/h10-11H,4-9H2,1-3H3,(H,19,25)/p+1/t11-/m0/s1. The summed E-state index contributed by atoms with van der Waals surface area (Å²) in [7, 11) is 4.21. The Morgan fingerprint density at radius 3 is 3.12 bits per heavy atom. The maximum atomic E-state index is 12.4. The van der Waals surface area contributed by atoms with Gasteiger partial charge in [-0.25, -0.2) is 14.5 Å². The SMILES string of the molecule is C[C@H]1CCc2sc3ncn4nc(C(=O)NCCC[NH+](C)C)nc4c3c2C1. The maximum Gasteiger partial charge on any atom is 0.290 e. The fourth-order valence-corrected chi connectivity index (χ4v) is 4.74. The second kappa shape index (κ2) is 6.92. The topological polar surface area (TPSA) is 76.6 Å². The molecule has 0 saturated heterocycles. The van der Waals surface area contributed by atoms with Gasteiger partial charge in [0.25, 0.3) is 5.91 Å². The summed E-state index contributed by atoms with van der Waals surface area (Å²) in [4.78, 5) is 25.3. The molecule has 0 bridgehead atoms. The first-order chi connectivity index (χ1) is 12.5.